The molecule has 0 saturated heterocycles. The van der Waals surface area contributed by atoms with Crippen LogP contribution in [0.5, 0.6) is 0 Å². The summed E-state index contributed by atoms with van der Waals surface area (Å²) < 4.78 is 1.68. The van der Waals surface area contributed by atoms with Crippen molar-refractivity contribution < 1.29 is 4.79 Å². The average Bonchev–Trinajstić information content (AvgIpc) is 3.26. The lowest BCUT2D eigenvalue weighted by Crippen LogP contribution is -2.37. The highest BCUT2D eigenvalue weighted by Gasteiger charge is 2.51. The third-order valence-corrected chi connectivity index (χ3v) is 3.95. The molecule has 0 bridgehead atoms. The van der Waals surface area contributed by atoms with Crippen LogP contribution in [0.2, 0.25) is 0 Å². The number of anilines is 1. The smallest absolute Gasteiger partial charge is 0.236 e. The third kappa shape index (κ3) is 3.31. The molecule has 118 valence electrons. The van der Waals surface area contributed by atoms with Gasteiger partial charge in [0.1, 0.15) is 5.84 Å². The van der Waals surface area contributed by atoms with Crippen LogP contribution < -0.4 is 10.6 Å². The van der Waals surface area contributed by atoms with E-state index in [4.69, 9.17) is 5.41 Å². The molecule has 1 aromatic heterocycles. The van der Waals surface area contributed by atoms with Crippen LogP contribution in [0, 0.1) is 5.41 Å². The highest BCUT2D eigenvalue weighted by atomic mass is 16.2. The molecule has 1 aromatic carbocycles. The monoisotopic (exact) mass is 309 g/mol. The molecule has 0 atom stereocenters. The summed E-state index contributed by atoms with van der Waals surface area (Å²) in [5.74, 6) is 0.627. The number of rotatable bonds is 5. The summed E-state index contributed by atoms with van der Waals surface area (Å²) in [6, 6.07) is 11.6. The Kier molecular flexibility index (Phi) is 3.97. The highest BCUT2D eigenvalue weighted by Crippen LogP contribution is 2.48. The molecule has 0 spiro atoms. The maximum atomic E-state index is 12.5. The van der Waals surface area contributed by atoms with E-state index in [0.29, 0.717) is 5.82 Å². The first kappa shape index (κ1) is 15.0. The molecule has 1 aliphatic carbocycles. The number of hydrogen-bond acceptors (Lipinski definition) is 4. The number of carbonyl (C=O) groups excluding carboxylic acids is 1. The summed E-state index contributed by atoms with van der Waals surface area (Å²) >= 11 is 0. The summed E-state index contributed by atoms with van der Waals surface area (Å²) in [6.07, 6.45) is 6.57. The Morgan fingerprint density at radius 3 is 2.65 bits per heavy atom. The number of amidine groups is 1. The quantitative estimate of drug-likeness (QED) is 0.585. The lowest BCUT2D eigenvalue weighted by atomic mass is 9.95. The maximum Gasteiger partial charge on any atom is 0.236 e. The highest BCUT2D eigenvalue weighted by molar-refractivity contribution is 6.07. The minimum atomic E-state index is -0.462. The topological polar surface area (TPSA) is 82.8 Å². The first-order chi connectivity index (χ1) is 11.1. The van der Waals surface area contributed by atoms with E-state index in [0.717, 1.165) is 18.4 Å². The SMILES string of the molecule is Cn1ccc(N/C=C\C(=N)NC(=O)C2(c3ccccc3)CC2)n1. The largest absolute Gasteiger partial charge is 0.345 e. The lowest BCUT2D eigenvalue weighted by molar-refractivity contribution is -0.122. The van der Waals surface area contributed by atoms with Gasteiger partial charge in [-0.3, -0.25) is 14.9 Å². The standard InChI is InChI=1S/C17H19N5O/c1-22-12-8-15(21-22)19-11-7-14(18)20-16(23)17(9-10-17)13-5-3-2-4-6-13/h2-8,11-12H,9-10H2,1H3,(H,19,21)(H2,18,20,23)/b11-7-. The molecule has 0 aliphatic heterocycles. The van der Waals surface area contributed by atoms with Crippen molar-refractivity contribution in [2.24, 2.45) is 7.05 Å². The second-order valence-corrected chi connectivity index (χ2v) is 5.67. The van der Waals surface area contributed by atoms with E-state index in [9.17, 15) is 4.79 Å². The molecule has 0 radical (unpaired) electrons. The summed E-state index contributed by atoms with van der Waals surface area (Å²) in [6.45, 7) is 0. The first-order valence-corrected chi connectivity index (χ1v) is 7.48. The molecule has 1 amide bonds. The predicted octanol–water partition coefficient (Wildman–Crippen LogP) is 2.17. The third-order valence-electron chi connectivity index (χ3n) is 3.95. The minimum Gasteiger partial charge on any atom is -0.345 e. The number of aryl methyl sites for hydroxylation is 1. The van der Waals surface area contributed by atoms with Crippen molar-refractivity contribution in [1.29, 1.82) is 5.41 Å². The van der Waals surface area contributed by atoms with Gasteiger partial charge in [0.2, 0.25) is 5.91 Å². The van der Waals surface area contributed by atoms with Crippen LogP contribution in [-0.2, 0) is 17.3 Å². The van der Waals surface area contributed by atoms with Gasteiger partial charge in [-0.2, -0.15) is 5.10 Å². The van der Waals surface area contributed by atoms with E-state index in [-0.39, 0.29) is 11.7 Å². The fraction of sp³-hybridized carbons (Fsp3) is 0.235. The molecule has 1 fully saturated rings. The zero-order valence-electron chi connectivity index (χ0n) is 12.9. The van der Waals surface area contributed by atoms with Gasteiger partial charge in [0, 0.05) is 25.5 Å². The predicted molar refractivity (Wildman–Crippen MR) is 89.2 cm³/mol. The average molecular weight is 309 g/mol. The van der Waals surface area contributed by atoms with Gasteiger partial charge in [-0.05, 0) is 24.5 Å². The van der Waals surface area contributed by atoms with Crippen LogP contribution in [0.3, 0.4) is 0 Å². The van der Waals surface area contributed by atoms with E-state index < -0.39 is 5.41 Å². The summed E-state index contributed by atoms with van der Waals surface area (Å²) in [5, 5.41) is 17.6. The van der Waals surface area contributed by atoms with Gasteiger partial charge in [-0.1, -0.05) is 30.3 Å². The van der Waals surface area contributed by atoms with Crippen molar-refractivity contribution in [3.05, 3.63) is 60.4 Å². The van der Waals surface area contributed by atoms with Gasteiger partial charge >= 0.3 is 0 Å². The lowest BCUT2D eigenvalue weighted by Gasteiger charge is -2.15. The molecular weight excluding hydrogens is 290 g/mol. The van der Waals surface area contributed by atoms with Crippen LogP contribution in [0.4, 0.5) is 5.82 Å². The van der Waals surface area contributed by atoms with E-state index in [1.807, 2.05) is 49.6 Å². The van der Waals surface area contributed by atoms with Crippen molar-refractivity contribution in [2.75, 3.05) is 5.32 Å². The fourth-order valence-electron chi connectivity index (χ4n) is 2.52. The molecule has 0 unspecified atom stereocenters. The number of nitrogens with one attached hydrogen (secondary N) is 3. The number of hydrogen-bond donors (Lipinski definition) is 3. The number of amides is 1. The van der Waals surface area contributed by atoms with Crippen molar-refractivity contribution in [3.8, 4) is 0 Å². The van der Waals surface area contributed by atoms with Crippen LogP contribution in [-0.4, -0.2) is 21.5 Å². The van der Waals surface area contributed by atoms with E-state index in [2.05, 4.69) is 15.7 Å². The van der Waals surface area contributed by atoms with E-state index >= 15 is 0 Å². The Hall–Kier alpha value is -2.89. The number of nitrogens with zero attached hydrogens (tertiary/aromatic N) is 2. The molecule has 2 aromatic rings. The van der Waals surface area contributed by atoms with Gasteiger partial charge in [0.05, 0.1) is 5.41 Å². The Balaban J connectivity index is 1.56. The molecular formula is C17H19N5O. The van der Waals surface area contributed by atoms with Crippen LogP contribution in [0.25, 0.3) is 0 Å². The zero-order chi connectivity index (χ0) is 16.3. The summed E-state index contributed by atoms with van der Waals surface area (Å²) in [5.41, 5.74) is 0.552. The van der Waals surface area contributed by atoms with Crippen molar-refractivity contribution in [3.63, 3.8) is 0 Å². The maximum absolute atomic E-state index is 12.5. The fourth-order valence-corrected chi connectivity index (χ4v) is 2.52. The number of aromatic nitrogens is 2. The number of carbonyl (C=O) groups is 1. The van der Waals surface area contributed by atoms with Crippen molar-refractivity contribution in [1.82, 2.24) is 15.1 Å². The van der Waals surface area contributed by atoms with E-state index in [1.165, 1.54) is 6.08 Å². The molecule has 6 nitrogen and oxygen atoms in total. The van der Waals surface area contributed by atoms with Gasteiger partial charge in [0.25, 0.3) is 0 Å². The van der Waals surface area contributed by atoms with Gasteiger partial charge in [-0.25, -0.2) is 0 Å². The molecule has 3 N–H and O–H groups in total. The second kappa shape index (κ2) is 6.08. The zero-order valence-corrected chi connectivity index (χ0v) is 12.9. The molecule has 1 heterocycles. The van der Waals surface area contributed by atoms with Crippen LogP contribution >= 0.6 is 0 Å². The van der Waals surface area contributed by atoms with Gasteiger partial charge < -0.3 is 10.6 Å². The van der Waals surface area contributed by atoms with Crippen LogP contribution in [0.15, 0.2) is 54.9 Å². The number of benzene rings is 1. The Morgan fingerprint density at radius 2 is 2.04 bits per heavy atom. The summed E-state index contributed by atoms with van der Waals surface area (Å²) in [4.78, 5) is 12.5. The van der Waals surface area contributed by atoms with Crippen molar-refractivity contribution >= 4 is 17.6 Å². The van der Waals surface area contributed by atoms with Gasteiger partial charge in [0.15, 0.2) is 5.82 Å². The molecule has 1 aliphatic rings. The van der Waals surface area contributed by atoms with Gasteiger partial charge in [-0.15, -0.1) is 0 Å². The molecule has 23 heavy (non-hydrogen) atoms. The normalized spacial score (nSPS) is 15.3. The Bertz CT molecular complexity index is 743. The Morgan fingerprint density at radius 1 is 1.30 bits per heavy atom. The molecule has 1 saturated carbocycles. The molecule has 6 heteroatoms. The Labute approximate surface area is 134 Å². The second-order valence-electron chi connectivity index (χ2n) is 5.67. The first-order valence-electron chi connectivity index (χ1n) is 7.48. The molecule has 3 rings (SSSR count). The summed E-state index contributed by atoms with van der Waals surface area (Å²) in [7, 11) is 1.83. The van der Waals surface area contributed by atoms with Crippen LogP contribution in [0.1, 0.15) is 18.4 Å². The van der Waals surface area contributed by atoms with Crippen molar-refractivity contribution in [2.45, 2.75) is 18.3 Å². The minimum absolute atomic E-state index is 0.0561. The van der Waals surface area contributed by atoms with E-state index in [1.54, 1.807) is 10.9 Å².